The van der Waals surface area contributed by atoms with Crippen molar-refractivity contribution in [2.75, 3.05) is 0 Å². The minimum absolute atomic E-state index is 0.219. The van der Waals surface area contributed by atoms with Crippen LogP contribution in [-0.2, 0) is 6.54 Å². The monoisotopic (exact) mass is 407 g/mol. The lowest BCUT2D eigenvalue weighted by atomic mass is 10.2. The van der Waals surface area contributed by atoms with Gasteiger partial charge in [-0.25, -0.2) is 14.1 Å². The van der Waals surface area contributed by atoms with Crippen LogP contribution < -0.4 is 5.32 Å². The zero-order valence-electron chi connectivity index (χ0n) is 15.9. The van der Waals surface area contributed by atoms with Crippen molar-refractivity contribution >= 4 is 17.2 Å². The fourth-order valence-electron chi connectivity index (χ4n) is 2.91. The number of nitrogens with zero attached hydrogens (tertiary/aromatic N) is 4. The van der Waals surface area contributed by atoms with Crippen LogP contribution in [0.4, 0.5) is 4.39 Å². The molecule has 0 saturated carbocycles. The summed E-state index contributed by atoms with van der Waals surface area (Å²) >= 11 is 1.28. The molecule has 4 rings (SSSR count). The molecular formula is C21H18FN5OS. The Kier molecular flexibility index (Phi) is 5.18. The van der Waals surface area contributed by atoms with E-state index in [1.165, 1.54) is 23.5 Å². The molecule has 1 amide bonds. The minimum atomic E-state index is -0.304. The first-order valence-corrected chi connectivity index (χ1v) is 9.83. The van der Waals surface area contributed by atoms with Crippen LogP contribution >= 0.6 is 11.3 Å². The Morgan fingerprint density at radius 3 is 2.55 bits per heavy atom. The molecule has 0 aliphatic heterocycles. The summed E-state index contributed by atoms with van der Waals surface area (Å²) < 4.78 is 14.8. The second-order valence-electron chi connectivity index (χ2n) is 6.51. The molecule has 0 aliphatic rings. The van der Waals surface area contributed by atoms with Crippen LogP contribution in [0.2, 0.25) is 0 Å². The van der Waals surface area contributed by atoms with Gasteiger partial charge in [-0.05, 0) is 43.7 Å². The molecule has 29 heavy (non-hydrogen) atoms. The number of aryl methyl sites for hydroxylation is 1. The van der Waals surface area contributed by atoms with Crippen molar-refractivity contribution in [1.82, 2.24) is 25.3 Å². The lowest BCUT2D eigenvalue weighted by molar-refractivity contribution is 0.0954. The van der Waals surface area contributed by atoms with Gasteiger partial charge >= 0.3 is 0 Å². The van der Waals surface area contributed by atoms with Gasteiger partial charge in [0.05, 0.1) is 17.1 Å². The van der Waals surface area contributed by atoms with Crippen LogP contribution in [0.5, 0.6) is 0 Å². The lowest BCUT2D eigenvalue weighted by Crippen LogP contribution is -2.22. The van der Waals surface area contributed by atoms with Crippen molar-refractivity contribution in [2.24, 2.45) is 0 Å². The van der Waals surface area contributed by atoms with Crippen molar-refractivity contribution in [3.05, 3.63) is 82.2 Å². The van der Waals surface area contributed by atoms with Gasteiger partial charge in [0, 0.05) is 6.54 Å². The van der Waals surface area contributed by atoms with Crippen LogP contribution in [0.3, 0.4) is 0 Å². The second-order valence-corrected chi connectivity index (χ2v) is 7.51. The standard InChI is InChI=1S/C21H18FN5OS/c1-13-19(20(28)23-12-15-8-10-16(22)11-9-15)29-21(24-13)18-14(2)27(26-25-18)17-6-4-3-5-7-17/h3-11H,12H2,1-2H3,(H,23,28). The number of halogens is 1. The first kappa shape index (κ1) is 18.9. The Labute approximate surface area is 171 Å². The Balaban J connectivity index is 1.54. The topological polar surface area (TPSA) is 72.7 Å². The Bertz CT molecular complexity index is 1150. The van der Waals surface area contributed by atoms with E-state index < -0.39 is 0 Å². The number of thiazole rings is 1. The highest BCUT2D eigenvalue weighted by molar-refractivity contribution is 7.17. The Morgan fingerprint density at radius 1 is 1.10 bits per heavy atom. The Morgan fingerprint density at radius 2 is 1.83 bits per heavy atom. The van der Waals surface area contributed by atoms with Crippen molar-refractivity contribution in [3.63, 3.8) is 0 Å². The van der Waals surface area contributed by atoms with Crippen molar-refractivity contribution in [3.8, 4) is 16.4 Å². The number of hydrogen-bond donors (Lipinski definition) is 1. The van der Waals surface area contributed by atoms with Crippen LogP contribution in [0.25, 0.3) is 16.4 Å². The van der Waals surface area contributed by atoms with E-state index >= 15 is 0 Å². The van der Waals surface area contributed by atoms with Gasteiger partial charge < -0.3 is 5.32 Å². The molecule has 0 aliphatic carbocycles. The molecule has 1 N–H and O–H groups in total. The van der Waals surface area contributed by atoms with Crippen molar-refractivity contribution in [1.29, 1.82) is 0 Å². The van der Waals surface area contributed by atoms with E-state index in [0.29, 0.717) is 27.8 Å². The second kappa shape index (κ2) is 7.92. The van der Waals surface area contributed by atoms with Gasteiger partial charge in [-0.2, -0.15) is 0 Å². The van der Waals surface area contributed by atoms with Crippen LogP contribution in [0, 0.1) is 19.7 Å². The summed E-state index contributed by atoms with van der Waals surface area (Å²) in [4.78, 5) is 17.7. The van der Waals surface area contributed by atoms with Crippen LogP contribution in [0.1, 0.15) is 26.6 Å². The quantitative estimate of drug-likeness (QED) is 0.541. The van der Waals surface area contributed by atoms with Crippen LogP contribution in [-0.4, -0.2) is 25.9 Å². The molecule has 2 aromatic carbocycles. The van der Waals surface area contributed by atoms with Crippen molar-refractivity contribution in [2.45, 2.75) is 20.4 Å². The SMILES string of the molecule is Cc1nc(-c2nnn(-c3ccccc3)c2C)sc1C(=O)NCc1ccc(F)cc1. The molecule has 2 aromatic heterocycles. The fraction of sp³-hybridized carbons (Fsp3) is 0.143. The largest absolute Gasteiger partial charge is 0.347 e. The molecule has 2 heterocycles. The zero-order chi connectivity index (χ0) is 20.4. The normalized spacial score (nSPS) is 10.9. The molecule has 0 bridgehead atoms. The number of amides is 1. The molecule has 0 saturated heterocycles. The summed E-state index contributed by atoms with van der Waals surface area (Å²) in [5, 5.41) is 12.0. The summed E-state index contributed by atoms with van der Waals surface area (Å²) in [5.74, 6) is -0.523. The van der Waals surface area contributed by atoms with E-state index in [2.05, 4.69) is 20.6 Å². The van der Waals surface area contributed by atoms with Gasteiger partial charge in [-0.1, -0.05) is 35.5 Å². The fourth-order valence-corrected chi connectivity index (χ4v) is 3.93. The number of nitrogens with one attached hydrogen (secondary N) is 1. The Hall–Kier alpha value is -3.39. The average molecular weight is 407 g/mol. The predicted molar refractivity (Wildman–Crippen MR) is 110 cm³/mol. The predicted octanol–water partition coefficient (Wildman–Crippen LogP) is 4.08. The summed E-state index contributed by atoms with van der Waals surface area (Å²) in [6, 6.07) is 15.8. The third-order valence-corrected chi connectivity index (χ3v) is 5.63. The number of carbonyl (C=O) groups is 1. The molecule has 0 atom stereocenters. The minimum Gasteiger partial charge on any atom is -0.347 e. The molecule has 0 spiro atoms. The van der Waals surface area contributed by atoms with Gasteiger partial charge in [0.15, 0.2) is 0 Å². The summed E-state index contributed by atoms with van der Waals surface area (Å²) in [7, 11) is 0. The highest BCUT2D eigenvalue weighted by Crippen LogP contribution is 2.29. The molecule has 146 valence electrons. The van der Waals surface area contributed by atoms with Gasteiger partial charge in [0.25, 0.3) is 5.91 Å². The van der Waals surface area contributed by atoms with E-state index in [9.17, 15) is 9.18 Å². The number of aromatic nitrogens is 4. The van der Waals surface area contributed by atoms with E-state index in [-0.39, 0.29) is 11.7 Å². The third-order valence-electron chi connectivity index (χ3n) is 4.47. The zero-order valence-corrected chi connectivity index (χ0v) is 16.7. The number of para-hydroxylation sites is 1. The molecule has 0 fully saturated rings. The first-order valence-electron chi connectivity index (χ1n) is 9.01. The van der Waals surface area contributed by atoms with Gasteiger partial charge in [-0.3, -0.25) is 4.79 Å². The van der Waals surface area contributed by atoms with Crippen LogP contribution in [0.15, 0.2) is 54.6 Å². The summed E-state index contributed by atoms with van der Waals surface area (Å²) in [6.45, 7) is 4.03. The van der Waals surface area contributed by atoms with Gasteiger partial charge in [0.1, 0.15) is 21.4 Å². The maximum atomic E-state index is 13.0. The highest BCUT2D eigenvalue weighted by atomic mass is 32.1. The summed E-state index contributed by atoms with van der Waals surface area (Å²) in [6.07, 6.45) is 0. The number of carbonyl (C=O) groups excluding carboxylic acids is 1. The molecular weight excluding hydrogens is 389 g/mol. The molecule has 0 radical (unpaired) electrons. The van der Waals surface area contributed by atoms with E-state index in [1.807, 2.05) is 37.3 Å². The van der Waals surface area contributed by atoms with E-state index in [0.717, 1.165) is 16.9 Å². The lowest BCUT2D eigenvalue weighted by Gasteiger charge is -2.04. The maximum absolute atomic E-state index is 13.0. The van der Waals surface area contributed by atoms with Gasteiger partial charge in [-0.15, -0.1) is 16.4 Å². The molecule has 0 unspecified atom stereocenters. The molecule has 8 heteroatoms. The number of hydrogen-bond acceptors (Lipinski definition) is 5. The van der Waals surface area contributed by atoms with Crippen molar-refractivity contribution < 1.29 is 9.18 Å². The highest BCUT2D eigenvalue weighted by Gasteiger charge is 2.20. The smallest absolute Gasteiger partial charge is 0.263 e. The third kappa shape index (κ3) is 3.93. The van der Waals surface area contributed by atoms with E-state index in [1.54, 1.807) is 23.7 Å². The summed E-state index contributed by atoms with van der Waals surface area (Å²) in [5.41, 5.74) is 3.87. The molecule has 4 aromatic rings. The van der Waals surface area contributed by atoms with E-state index in [4.69, 9.17) is 0 Å². The number of rotatable bonds is 5. The first-order chi connectivity index (χ1) is 14.0. The molecule has 6 nitrogen and oxygen atoms in total. The maximum Gasteiger partial charge on any atom is 0.263 e. The average Bonchev–Trinajstić information content (AvgIpc) is 3.30. The number of benzene rings is 2. The van der Waals surface area contributed by atoms with Gasteiger partial charge in [0.2, 0.25) is 0 Å².